The standard InChI is InChI=1S/C12H16F3N7/c1-7-9(6-22(21-7)4-3-16)19-11-18-5-8(12(13,14)15)10(17-2)20-11/h5-6H,3-4,16H2,1-2H3,(H2,17,18,19,20). The number of rotatable bonds is 5. The summed E-state index contributed by atoms with van der Waals surface area (Å²) in [5, 5.41) is 9.49. The first-order valence-corrected chi connectivity index (χ1v) is 6.48. The van der Waals surface area contributed by atoms with Crippen LogP contribution in [0.15, 0.2) is 12.4 Å². The molecule has 2 rings (SSSR count). The molecule has 0 saturated carbocycles. The summed E-state index contributed by atoms with van der Waals surface area (Å²) in [6.45, 7) is 2.73. The van der Waals surface area contributed by atoms with E-state index in [2.05, 4.69) is 25.7 Å². The summed E-state index contributed by atoms with van der Waals surface area (Å²) in [5.41, 5.74) is 5.80. The molecular weight excluding hydrogens is 299 g/mol. The number of hydrogen-bond donors (Lipinski definition) is 3. The van der Waals surface area contributed by atoms with Crippen LogP contribution in [0.3, 0.4) is 0 Å². The van der Waals surface area contributed by atoms with Gasteiger partial charge in [-0.05, 0) is 6.92 Å². The minimum Gasteiger partial charge on any atom is -0.372 e. The highest BCUT2D eigenvalue weighted by molar-refractivity contribution is 5.57. The van der Waals surface area contributed by atoms with E-state index < -0.39 is 11.7 Å². The SMILES string of the molecule is CNc1nc(Nc2cn(CCN)nc2C)ncc1C(F)(F)F. The Kier molecular flexibility index (Phi) is 4.50. The Morgan fingerprint density at radius 2 is 2.09 bits per heavy atom. The normalized spacial score (nSPS) is 11.5. The molecule has 0 aliphatic carbocycles. The van der Waals surface area contributed by atoms with Gasteiger partial charge >= 0.3 is 6.18 Å². The van der Waals surface area contributed by atoms with Crippen LogP contribution < -0.4 is 16.4 Å². The molecule has 2 aromatic heterocycles. The average molecular weight is 315 g/mol. The number of nitrogens with zero attached hydrogens (tertiary/aromatic N) is 4. The van der Waals surface area contributed by atoms with Gasteiger partial charge in [-0.15, -0.1) is 0 Å². The lowest BCUT2D eigenvalue weighted by molar-refractivity contribution is -0.137. The van der Waals surface area contributed by atoms with Crippen molar-refractivity contribution in [3.8, 4) is 0 Å². The third-order valence-electron chi connectivity index (χ3n) is 2.88. The number of nitrogens with two attached hydrogens (primary N) is 1. The van der Waals surface area contributed by atoms with Gasteiger partial charge in [0.1, 0.15) is 11.4 Å². The van der Waals surface area contributed by atoms with Crippen LogP contribution in [0.4, 0.5) is 30.6 Å². The van der Waals surface area contributed by atoms with E-state index >= 15 is 0 Å². The molecule has 0 bridgehead atoms. The van der Waals surface area contributed by atoms with Crippen LogP contribution in [0, 0.1) is 6.92 Å². The molecule has 4 N–H and O–H groups in total. The zero-order valence-corrected chi connectivity index (χ0v) is 12.1. The van der Waals surface area contributed by atoms with Crippen molar-refractivity contribution in [2.24, 2.45) is 5.73 Å². The molecule has 0 radical (unpaired) electrons. The molecule has 0 saturated heterocycles. The first kappa shape index (κ1) is 16.0. The Labute approximate surface area is 124 Å². The highest BCUT2D eigenvalue weighted by Gasteiger charge is 2.35. The van der Waals surface area contributed by atoms with Crippen molar-refractivity contribution in [1.29, 1.82) is 0 Å². The number of anilines is 3. The lowest BCUT2D eigenvalue weighted by atomic mass is 10.3. The van der Waals surface area contributed by atoms with Crippen molar-refractivity contribution in [1.82, 2.24) is 19.7 Å². The molecule has 120 valence electrons. The van der Waals surface area contributed by atoms with Crippen molar-refractivity contribution in [3.05, 3.63) is 23.7 Å². The zero-order valence-electron chi connectivity index (χ0n) is 12.1. The number of hydrogen-bond acceptors (Lipinski definition) is 6. The average Bonchev–Trinajstić information content (AvgIpc) is 2.78. The Morgan fingerprint density at radius 1 is 1.36 bits per heavy atom. The number of alkyl halides is 3. The van der Waals surface area contributed by atoms with Gasteiger partial charge in [-0.1, -0.05) is 0 Å². The van der Waals surface area contributed by atoms with E-state index in [9.17, 15) is 13.2 Å². The van der Waals surface area contributed by atoms with Crippen LogP contribution in [0.1, 0.15) is 11.3 Å². The van der Waals surface area contributed by atoms with Crippen molar-refractivity contribution in [3.63, 3.8) is 0 Å². The molecule has 0 aliphatic heterocycles. The Bertz CT molecular complexity index is 651. The van der Waals surface area contributed by atoms with Crippen molar-refractivity contribution >= 4 is 17.5 Å². The molecule has 2 aromatic rings. The Hall–Kier alpha value is -2.36. The van der Waals surface area contributed by atoms with E-state index in [-0.39, 0.29) is 11.8 Å². The van der Waals surface area contributed by atoms with E-state index in [0.29, 0.717) is 24.5 Å². The zero-order chi connectivity index (χ0) is 16.3. The molecule has 22 heavy (non-hydrogen) atoms. The predicted octanol–water partition coefficient (Wildman–Crippen LogP) is 1.74. The van der Waals surface area contributed by atoms with Gasteiger partial charge in [0.25, 0.3) is 0 Å². The summed E-state index contributed by atoms with van der Waals surface area (Å²) in [6, 6.07) is 0. The number of nitrogens with one attached hydrogen (secondary N) is 2. The monoisotopic (exact) mass is 315 g/mol. The van der Waals surface area contributed by atoms with Crippen molar-refractivity contribution in [2.45, 2.75) is 19.6 Å². The van der Waals surface area contributed by atoms with Crippen molar-refractivity contribution < 1.29 is 13.2 Å². The second-order valence-corrected chi connectivity index (χ2v) is 4.51. The Morgan fingerprint density at radius 3 is 2.68 bits per heavy atom. The van der Waals surface area contributed by atoms with Crippen LogP contribution in [-0.2, 0) is 12.7 Å². The summed E-state index contributed by atoms with van der Waals surface area (Å²) in [6.07, 6.45) is -2.08. The summed E-state index contributed by atoms with van der Waals surface area (Å²) in [4.78, 5) is 7.54. The maximum absolute atomic E-state index is 12.8. The molecular formula is C12H16F3N7. The maximum Gasteiger partial charge on any atom is 0.421 e. The van der Waals surface area contributed by atoms with Crippen LogP contribution in [-0.4, -0.2) is 33.3 Å². The molecule has 0 aliphatic rings. The lowest BCUT2D eigenvalue weighted by Crippen LogP contribution is -2.12. The molecule has 10 heteroatoms. The van der Waals surface area contributed by atoms with E-state index in [1.807, 2.05) is 0 Å². The minimum atomic E-state index is -4.52. The number of halogens is 3. The van der Waals surface area contributed by atoms with Gasteiger partial charge < -0.3 is 16.4 Å². The summed E-state index contributed by atoms with van der Waals surface area (Å²) >= 11 is 0. The van der Waals surface area contributed by atoms with Crippen LogP contribution in [0.5, 0.6) is 0 Å². The fraction of sp³-hybridized carbons (Fsp3) is 0.417. The maximum atomic E-state index is 12.8. The third kappa shape index (κ3) is 3.45. The fourth-order valence-electron chi connectivity index (χ4n) is 1.85. The first-order chi connectivity index (χ1) is 10.3. The smallest absolute Gasteiger partial charge is 0.372 e. The second kappa shape index (κ2) is 6.18. The summed E-state index contributed by atoms with van der Waals surface area (Å²) in [5.74, 6) is -0.246. The molecule has 0 amide bonds. The molecule has 0 spiro atoms. The number of aromatic nitrogens is 4. The van der Waals surface area contributed by atoms with Gasteiger partial charge in [-0.25, -0.2) is 4.98 Å². The van der Waals surface area contributed by atoms with Crippen LogP contribution in [0.25, 0.3) is 0 Å². The molecule has 0 unspecified atom stereocenters. The van der Waals surface area contributed by atoms with E-state index in [4.69, 9.17) is 5.73 Å². The summed E-state index contributed by atoms with van der Waals surface area (Å²) < 4.78 is 40.0. The number of aryl methyl sites for hydroxylation is 1. The fourth-order valence-corrected chi connectivity index (χ4v) is 1.85. The largest absolute Gasteiger partial charge is 0.421 e. The van der Waals surface area contributed by atoms with Gasteiger partial charge in [0.15, 0.2) is 0 Å². The van der Waals surface area contributed by atoms with Gasteiger partial charge in [0.05, 0.1) is 17.9 Å². The van der Waals surface area contributed by atoms with Crippen molar-refractivity contribution in [2.75, 3.05) is 24.2 Å². The minimum absolute atomic E-state index is 0.0488. The van der Waals surface area contributed by atoms with E-state index in [1.54, 1.807) is 17.8 Å². The van der Waals surface area contributed by atoms with E-state index in [1.165, 1.54) is 7.05 Å². The van der Waals surface area contributed by atoms with Crippen LogP contribution >= 0.6 is 0 Å². The second-order valence-electron chi connectivity index (χ2n) is 4.51. The molecule has 2 heterocycles. The van der Waals surface area contributed by atoms with E-state index in [0.717, 1.165) is 6.20 Å². The highest BCUT2D eigenvalue weighted by Crippen LogP contribution is 2.33. The van der Waals surface area contributed by atoms with Gasteiger partial charge in [0, 0.05) is 26.0 Å². The first-order valence-electron chi connectivity index (χ1n) is 6.48. The van der Waals surface area contributed by atoms with Gasteiger partial charge in [-0.2, -0.15) is 23.3 Å². The lowest BCUT2D eigenvalue weighted by Gasteiger charge is -2.12. The third-order valence-corrected chi connectivity index (χ3v) is 2.88. The highest BCUT2D eigenvalue weighted by atomic mass is 19.4. The molecule has 7 nitrogen and oxygen atoms in total. The topological polar surface area (TPSA) is 93.7 Å². The quantitative estimate of drug-likeness (QED) is 0.778. The molecule has 0 aromatic carbocycles. The van der Waals surface area contributed by atoms with Gasteiger partial charge in [-0.3, -0.25) is 4.68 Å². The predicted molar refractivity (Wildman–Crippen MR) is 75.9 cm³/mol. The summed E-state index contributed by atoms with van der Waals surface area (Å²) in [7, 11) is 1.37. The molecule has 0 fully saturated rings. The molecule has 0 atom stereocenters. The Balaban J connectivity index is 2.27. The van der Waals surface area contributed by atoms with Crippen LogP contribution in [0.2, 0.25) is 0 Å². The van der Waals surface area contributed by atoms with Gasteiger partial charge in [0.2, 0.25) is 5.95 Å².